The van der Waals surface area contributed by atoms with Crippen molar-refractivity contribution in [3.8, 4) is 6.07 Å². The van der Waals surface area contributed by atoms with Crippen LogP contribution in [0.15, 0.2) is 22.7 Å². The van der Waals surface area contributed by atoms with E-state index in [1.54, 1.807) is 12.1 Å². The molecule has 0 fully saturated rings. The van der Waals surface area contributed by atoms with Crippen LogP contribution in [0.5, 0.6) is 0 Å². The summed E-state index contributed by atoms with van der Waals surface area (Å²) >= 11 is 3.35. The molecule has 0 aliphatic rings. The van der Waals surface area contributed by atoms with Crippen molar-refractivity contribution in [2.45, 2.75) is 32.7 Å². The third kappa shape index (κ3) is 4.20. The number of benzene rings is 1. The monoisotopic (exact) mass is 294 g/mol. The molecular weight excluding hydrogens is 280 g/mol. The lowest BCUT2D eigenvalue weighted by Gasteiger charge is -2.11. The molecule has 0 heterocycles. The Bertz CT molecular complexity index is 431. The molecule has 17 heavy (non-hydrogen) atoms. The highest BCUT2D eigenvalue weighted by Crippen LogP contribution is 2.15. The van der Waals surface area contributed by atoms with E-state index in [9.17, 15) is 4.79 Å². The minimum absolute atomic E-state index is 0.200. The number of nitrogens with zero attached hydrogens (tertiary/aromatic N) is 1. The maximum Gasteiger partial charge on any atom is 0.252 e. The summed E-state index contributed by atoms with van der Waals surface area (Å²) in [6.07, 6.45) is 1.55. The maximum absolute atomic E-state index is 11.9. The van der Waals surface area contributed by atoms with Gasteiger partial charge in [0, 0.05) is 10.0 Å². The van der Waals surface area contributed by atoms with Gasteiger partial charge in [-0.1, -0.05) is 29.3 Å². The van der Waals surface area contributed by atoms with E-state index in [1.807, 2.05) is 19.9 Å². The molecule has 0 aliphatic heterocycles. The van der Waals surface area contributed by atoms with Gasteiger partial charge in [0.2, 0.25) is 0 Å². The second-order valence-corrected chi connectivity index (χ2v) is 4.88. The zero-order valence-electron chi connectivity index (χ0n) is 9.96. The number of nitrogens with one attached hydrogen (secondary N) is 1. The first-order chi connectivity index (χ1) is 8.06. The molecule has 0 saturated heterocycles. The molecule has 4 heteroatoms. The van der Waals surface area contributed by atoms with Gasteiger partial charge < -0.3 is 5.32 Å². The number of amides is 1. The van der Waals surface area contributed by atoms with Gasteiger partial charge in [0.25, 0.3) is 5.91 Å². The Morgan fingerprint density at radius 2 is 2.24 bits per heavy atom. The van der Waals surface area contributed by atoms with Gasteiger partial charge in [-0.2, -0.15) is 5.26 Å². The summed E-state index contributed by atoms with van der Waals surface area (Å²) in [5.74, 6) is -0.200. The summed E-state index contributed by atoms with van der Waals surface area (Å²) in [5.41, 5.74) is 1.58. The summed E-state index contributed by atoms with van der Waals surface area (Å²) in [4.78, 5) is 11.9. The predicted octanol–water partition coefficient (Wildman–Crippen LogP) is 3.18. The number of nitriles is 1. The van der Waals surface area contributed by atoms with Crippen molar-refractivity contribution < 1.29 is 4.79 Å². The van der Waals surface area contributed by atoms with Crippen LogP contribution in [-0.2, 0) is 0 Å². The van der Waals surface area contributed by atoms with E-state index >= 15 is 0 Å². The first kappa shape index (κ1) is 13.7. The molecule has 1 N–H and O–H groups in total. The average molecular weight is 295 g/mol. The van der Waals surface area contributed by atoms with Gasteiger partial charge in [-0.05, 0) is 37.1 Å². The predicted molar refractivity (Wildman–Crippen MR) is 70.7 cm³/mol. The summed E-state index contributed by atoms with van der Waals surface area (Å²) in [7, 11) is 0. The van der Waals surface area contributed by atoms with Crippen LogP contribution in [0.25, 0.3) is 0 Å². The highest BCUT2D eigenvalue weighted by atomic mass is 79.9. The molecule has 1 amide bonds. The molecule has 0 saturated carbocycles. The third-order valence-electron chi connectivity index (χ3n) is 2.34. The van der Waals surface area contributed by atoms with Crippen molar-refractivity contribution in [3.05, 3.63) is 33.8 Å². The molecule has 0 aromatic heterocycles. The van der Waals surface area contributed by atoms with E-state index in [1.165, 1.54) is 0 Å². The van der Waals surface area contributed by atoms with Crippen LogP contribution in [0, 0.1) is 18.3 Å². The maximum atomic E-state index is 11.9. The standard InChI is InChI=1S/C13H15BrN2O/c1-3-4-12(8-15)16-13(17)10-5-9(2)6-11(14)7-10/h5-7,12H,3-4H2,1-2H3,(H,16,17). The van der Waals surface area contributed by atoms with Gasteiger partial charge in [-0.15, -0.1) is 0 Å². The molecular formula is C13H15BrN2O. The van der Waals surface area contributed by atoms with E-state index in [0.29, 0.717) is 12.0 Å². The van der Waals surface area contributed by atoms with Crippen molar-refractivity contribution in [2.75, 3.05) is 0 Å². The quantitative estimate of drug-likeness (QED) is 0.927. The van der Waals surface area contributed by atoms with Gasteiger partial charge in [0.05, 0.1) is 6.07 Å². The van der Waals surface area contributed by atoms with E-state index in [4.69, 9.17) is 5.26 Å². The van der Waals surface area contributed by atoms with E-state index < -0.39 is 6.04 Å². The first-order valence-electron chi connectivity index (χ1n) is 5.54. The first-order valence-corrected chi connectivity index (χ1v) is 6.33. The number of carbonyl (C=O) groups excluding carboxylic acids is 1. The Labute approximate surface area is 110 Å². The smallest absolute Gasteiger partial charge is 0.252 e. The lowest BCUT2D eigenvalue weighted by atomic mass is 10.1. The van der Waals surface area contributed by atoms with Crippen LogP contribution in [0.4, 0.5) is 0 Å². The summed E-state index contributed by atoms with van der Waals surface area (Å²) in [6.45, 7) is 3.91. The molecule has 1 atom stereocenters. The van der Waals surface area contributed by atoms with E-state index in [-0.39, 0.29) is 5.91 Å². The highest BCUT2D eigenvalue weighted by molar-refractivity contribution is 9.10. The largest absolute Gasteiger partial charge is 0.336 e. The normalized spacial score (nSPS) is 11.6. The Balaban J connectivity index is 2.79. The molecule has 1 unspecified atom stereocenters. The number of halogens is 1. The van der Waals surface area contributed by atoms with Crippen LogP contribution in [0.2, 0.25) is 0 Å². The molecule has 1 aromatic rings. The zero-order valence-corrected chi connectivity index (χ0v) is 11.5. The topological polar surface area (TPSA) is 52.9 Å². The second kappa shape index (κ2) is 6.41. The average Bonchev–Trinajstić information content (AvgIpc) is 2.27. The van der Waals surface area contributed by atoms with Crippen molar-refractivity contribution >= 4 is 21.8 Å². The summed E-state index contributed by atoms with van der Waals surface area (Å²) in [6, 6.07) is 7.17. The fourth-order valence-corrected chi connectivity index (χ4v) is 2.17. The number of hydrogen-bond acceptors (Lipinski definition) is 2. The summed E-state index contributed by atoms with van der Waals surface area (Å²) in [5, 5.41) is 11.6. The number of hydrogen-bond donors (Lipinski definition) is 1. The molecule has 0 bridgehead atoms. The van der Waals surface area contributed by atoms with Crippen LogP contribution >= 0.6 is 15.9 Å². The molecule has 0 spiro atoms. The Kier molecular flexibility index (Phi) is 5.17. The van der Waals surface area contributed by atoms with Crippen LogP contribution in [0.3, 0.4) is 0 Å². The molecule has 0 radical (unpaired) electrons. The van der Waals surface area contributed by atoms with Crippen molar-refractivity contribution in [3.63, 3.8) is 0 Å². The summed E-state index contributed by atoms with van der Waals surface area (Å²) < 4.78 is 0.867. The SMILES string of the molecule is CCCC(C#N)NC(=O)c1cc(C)cc(Br)c1. The van der Waals surface area contributed by atoms with E-state index in [0.717, 1.165) is 16.5 Å². The van der Waals surface area contributed by atoms with Crippen molar-refractivity contribution in [1.29, 1.82) is 5.26 Å². The zero-order chi connectivity index (χ0) is 12.8. The Morgan fingerprint density at radius 1 is 1.53 bits per heavy atom. The van der Waals surface area contributed by atoms with Crippen LogP contribution < -0.4 is 5.32 Å². The molecule has 0 aliphatic carbocycles. The molecule has 90 valence electrons. The third-order valence-corrected chi connectivity index (χ3v) is 2.80. The minimum atomic E-state index is -0.410. The van der Waals surface area contributed by atoms with Gasteiger partial charge in [-0.3, -0.25) is 4.79 Å². The molecule has 1 rings (SSSR count). The van der Waals surface area contributed by atoms with Crippen molar-refractivity contribution in [1.82, 2.24) is 5.32 Å². The van der Waals surface area contributed by atoms with Crippen LogP contribution in [0.1, 0.15) is 35.7 Å². The lowest BCUT2D eigenvalue weighted by Crippen LogP contribution is -2.33. The van der Waals surface area contributed by atoms with Crippen LogP contribution in [-0.4, -0.2) is 11.9 Å². The number of rotatable bonds is 4. The van der Waals surface area contributed by atoms with Gasteiger partial charge in [0.15, 0.2) is 0 Å². The van der Waals surface area contributed by atoms with Gasteiger partial charge in [0.1, 0.15) is 6.04 Å². The second-order valence-electron chi connectivity index (χ2n) is 3.96. The van der Waals surface area contributed by atoms with E-state index in [2.05, 4.69) is 27.3 Å². The number of carbonyl (C=O) groups is 1. The Hall–Kier alpha value is -1.34. The fraction of sp³-hybridized carbons (Fsp3) is 0.385. The number of aryl methyl sites for hydroxylation is 1. The minimum Gasteiger partial charge on any atom is -0.336 e. The molecule has 3 nitrogen and oxygen atoms in total. The Morgan fingerprint density at radius 3 is 2.76 bits per heavy atom. The van der Waals surface area contributed by atoms with Crippen molar-refractivity contribution in [2.24, 2.45) is 0 Å². The molecule has 1 aromatic carbocycles. The van der Waals surface area contributed by atoms with Gasteiger partial charge in [-0.25, -0.2) is 0 Å². The van der Waals surface area contributed by atoms with Gasteiger partial charge >= 0.3 is 0 Å². The highest BCUT2D eigenvalue weighted by Gasteiger charge is 2.12. The lowest BCUT2D eigenvalue weighted by molar-refractivity contribution is 0.0943. The fourth-order valence-electron chi connectivity index (χ4n) is 1.57.